The molecule has 0 spiro atoms. The minimum atomic E-state index is -1.19. The minimum absolute atomic E-state index is 0.359. The predicted molar refractivity (Wildman–Crippen MR) is 82.1 cm³/mol. The van der Waals surface area contributed by atoms with Crippen LogP contribution >= 0.6 is 0 Å². The molecule has 0 aromatic carbocycles. The van der Waals surface area contributed by atoms with Crippen LogP contribution in [0.5, 0.6) is 0 Å². The van der Waals surface area contributed by atoms with Crippen molar-refractivity contribution in [2.75, 3.05) is 19.6 Å². The summed E-state index contributed by atoms with van der Waals surface area (Å²) in [7, 11) is 0. The van der Waals surface area contributed by atoms with Crippen molar-refractivity contribution in [3.8, 4) is 0 Å². The van der Waals surface area contributed by atoms with Crippen LogP contribution in [0.3, 0.4) is 0 Å². The molecule has 2 unspecified atom stereocenters. The minimum Gasteiger partial charge on any atom is -0.480 e. The molecule has 0 aromatic rings. The fourth-order valence-electron chi connectivity index (χ4n) is 1.59. The number of hydrogen-bond acceptors (Lipinski definition) is 6. The van der Waals surface area contributed by atoms with Gasteiger partial charge < -0.3 is 32.5 Å². The van der Waals surface area contributed by atoms with Crippen molar-refractivity contribution in [1.29, 1.82) is 0 Å². The summed E-state index contributed by atoms with van der Waals surface area (Å²) < 4.78 is 0. The van der Waals surface area contributed by atoms with E-state index < -0.39 is 42.3 Å². The highest BCUT2D eigenvalue weighted by atomic mass is 16.4. The van der Waals surface area contributed by atoms with Crippen LogP contribution in [-0.2, 0) is 19.2 Å². The summed E-state index contributed by atoms with van der Waals surface area (Å²) in [6.45, 7) is 1.04. The smallest absolute Gasteiger partial charge is 0.322 e. The van der Waals surface area contributed by atoms with E-state index in [1.807, 2.05) is 0 Å². The monoisotopic (exact) mass is 331 g/mol. The first-order chi connectivity index (χ1) is 10.8. The SMILES string of the molecule is CC(N)C(=O)NC(CCCCN)C(=O)NCC(=O)NCC(=O)O. The molecule has 0 aliphatic rings. The Balaban J connectivity index is 4.44. The lowest BCUT2D eigenvalue weighted by molar-refractivity contribution is -0.138. The lowest BCUT2D eigenvalue weighted by Gasteiger charge is -2.19. The molecule has 0 radical (unpaired) electrons. The normalized spacial score (nSPS) is 12.8. The molecule has 10 heteroatoms. The predicted octanol–water partition coefficient (Wildman–Crippen LogP) is -2.74. The van der Waals surface area contributed by atoms with Gasteiger partial charge in [0, 0.05) is 0 Å². The second kappa shape index (κ2) is 11.4. The number of carbonyl (C=O) groups is 4. The van der Waals surface area contributed by atoms with E-state index in [4.69, 9.17) is 16.6 Å². The third-order valence-corrected chi connectivity index (χ3v) is 2.85. The lowest BCUT2D eigenvalue weighted by atomic mass is 10.1. The number of rotatable bonds is 11. The van der Waals surface area contributed by atoms with Gasteiger partial charge in [0.25, 0.3) is 0 Å². The second-order valence-electron chi connectivity index (χ2n) is 5.02. The number of hydrogen-bond donors (Lipinski definition) is 6. The number of unbranched alkanes of at least 4 members (excludes halogenated alkanes) is 1. The van der Waals surface area contributed by atoms with Crippen LogP contribution in [0.15, 0.2) is 0 Å². The fraction of sp³-hybridized carbons (Fsp3) is 0.692. The Morgan fingerprint density at radius 1 is 1.04 bits per heavy atom. The zero-order chi connectivity index (χ0) is 17.8. The van der Waals surface area contributed by atoms with Crippen LogP contribution in [0.1, 0.15) is 26.2 Å². The first-order valence-corrected chi connectivity index (χ1v) is 7.30. The summed E-state index contributed by atoms with van der Waals surface area (Å²) in [5.74, 6) is -2.84. The van der Waals surface area contributed by atoms with E-state index >= 15 is 0 Å². The van der Waals surface area contributed by atoms with E-state index in [9.17, 15) is 19.2 Å². The number of carbonyl (C=O) groups excluding carboxylic acids is 3. The van der Waals surface area contributed by atoms with Gasteiger partial charge in [0.2, 0.25) is 17.7 Å². The molecule has 3 amide bonds. The third-order valence-electron chi connectivity index (χ3n) is 2.85. The van der Waals surface area contributed by atoms with Crippen molar-refractivity contribution >= 4 is 23.7 Å². The summed E-state index contributed by atoms with van der Waals surface area (Å²) in [4.78, 5) is 45.3. The molecule has 0 saturated carbocycles. The molecule has 0 aromatic heterocycles. The van der Waals surface area contributed by atoms with Gasteiger partial charge in [0.15, 0.2) is 0 Å². The van der Waals surface area contributed by atoms with Crippen molar-refractivity contribution in [3.05, 3.63) is 0 Å². The standard InChI is InChI=1S/C13H25N5O5/c1-8(15)12(22)18-9(4-2-3-5-14)13(23)17-6-10(19)16-7-11(20)21/h8-9H,2-7,14-15H2,1H3,(H,16,19)(H,17,23)(H,18,22)(H,20,21). The molecule has 0 aliphatic heterocycles. The van der Waals surface area contributed by atoms with E-state index in [1.54, 1.807) is 0 Å². The molecule has 8 N–H and O–H groups in total. The number of carboxylic acid groups (broad SMARTS) is 1. The Morgan fingerprint density at radius 2 is 1.70 bits per heavy atom. The van der Waals surface area contributed by atoms with Gasteiger partial charge in [-0.25, -0.2) is 0 Å². The van der Waals surface area contributed by atoms with Crippen molar-refractivity contribution < 1.29 is 24.3 Å². The van der Waals surface area contributed by atoms with Gasteiger partial charge in [0.05, 0.1) is 12.6 Å². The maximum Gasteiger partial charge on any atom is 0.322 e. The summed E-state index contributed by atoms with van der Waals surface area (Å²) >= 11 is 0. The maximum atomic E-state index is 12.0. The Hall–Kier alpha value is -2.20. The maximum absolute atomic E-state index is 12.0. The highest BCUT2D eigenvalue weighted by Crippen LogP contribution is 2.01. The lowest BCUT2D eigenvalue weighted by Crippen LogP contribution is -2.52. The van der Waals surface area contributed by atoms with E-state index in [0.717, 1.165) is 0 Å². The summed E-state index contributed by atoms with van der Waals surface area (Å²) in [5, 5.41) is 15.4. The van der Waals surface area contributed by atoms with Crippen molar-refractivity contribution in [2.24, 2.45) is 11.5 Å². The van der Waals surface area contributed by atoms with Crippen LogP contribution in [0.25, 0.3) is 0 Å². The number of carboxylic acids is 1. The van der Waals surface area contributed by atoms with Crippen LogP contribution in [0, 0.1) is 0 Å². The van der Waals surface area contributed by atoms with Crippen molar-refractivity contribution in [1.82, 2.24) is 16.0 Å². The zero-order valence-corrected chi connectivity index (χ0v) is 13.1. The van der Waals surface area contributed by atoms with Crippen molar-refractivity contribution in [3.63, 3.8) is 0 Å². The molecule has 23 heavy (non-hydrogen) atoms. The number of amides is 3. The van der Waals surface area contributed by atoms with Crippen LogP contribution in [0.2, 0.25) is 0 Å². The van der Waals surface area contributed by atoms with E-state index in [1.165, 1.54) is 6.92 Å². The first-order valence-electron chi connectivity index (χ1n) is 7.30. The number of nitrogens with two attached hydrogens (primary N) is 2. The zero-order valence-electron chi connectivity index (χ0n) is 13.1. The third kappa shape index (κ3) is 10.2. The molecular formula is C13H25N5O5. The molecule has 0 saturated heterocycles. The van der Waals surface area contributed by atoms with E-state index in [-0.39, 0.29) is 6.54 Å². The van der Waals surface area contributed by atoms with Crippen molar-refractivity contribution in [2.45, 2.75) is 38.3 Å². The Labute approximate surface area is 134 Å². The van der Waals surface area contributed by atoms with Gasteiger partial charge >= 0.3 is 5.97 Å². The second-order valence-corrected chi connectivity index (χ2v) is 5.02. The van der Waals surface area contributed by atoms with Crippen LogP contribution in [0.4, 0.5) is 0 Å². The molecule has 132 valence electrons. The fourth-order valence-corrected chi connectivity index (χ4v) is 1.59. The Kier molecular flexibility index (Phi) is 10.3. The molecule has 0 aliphatic carbocycles. The average molecular weight is 331 g/mol. The molecule has 0 bridgehead atoms. The number of nitrogens with one attached hydrogen (secondary N) is 3. The summed E-state index contributed by atoms with van der Waals surface area (Å²) in [6.07, 6.45) is 1.67. The highest BCUT2D eigenvalue weighted by molar-refractivity contribution is 5.92. The van der Waals surface area contributed by atoms with Crippen LogP contribution < -0.4 is 27.4 Å². The van der Waals surface area contributed by atoms with E-state index in [2.05, 4.69) is 16.0 Å². The molecule has 0 rings (SSSR count). The van der Waals surface area contributed by atoms with Gasteiger partial charge in [-0.15, -0.1) is 0 Å². The van der Waals surface area contributed by atoms with Gasteiger partial charge in [0.1, 0.15) is 12.6 Å². The average Bonchev–Trinajstić information content (AvgIpc) is 2.49. The highest BCUT2D eigenvalue weighted by Gasteiger charge is 2.22. The van der Waals surface area contributed by atoms with Gasteiger partial charge in [-0.1, -0.05) is 0 Å². The number of aliphatic carboxylic acids is 1. The first kappa shape index (κ1) is 20.8. The molecule has 10 nitrogen and oxygen atoms in total. The topological polar surface area (TPSA) is 177 Å². The van der Waals surface area contributed by atoms with Gasteiger partial charge in [-0.3, -0.25) is 19.2 Å². The largest absolute Gasteiger partial charge is 0.480 e. The molecule has 2 atom stereocenters. The molecule has 0 fully saturated rings. The summed E-state index contributed by atoms with van der Waals surface area (Å²) in [6, 6.07) is -1.59. The van der Waals surface area contributed by atoms with Gasteiger partial charge in [-0.2, -0.15) is 0 Å². The quantitative estimate of drug-likeness (QED) is 0.222. The van der Waals surface area contributed by atoms with Gasteiger partial charge in [-0.05, 0) is 32.7 Å². The molecule has 0 heterocycles. The Morgan fingerprint density at radius 3 is 2.22 bits per heavy atom. The van der Waals surface area contributed by atoms with E-state index in [0.29, 0.717) is 25.8 Å². The summed E-state index contributed by atoms with van der Waals surface area (Å²) in [5.41, 5.74) is 10.8. The Bertz CT molecular complexity index is 427. The molecular weight excluding hydrogens is 306 g/mol. The van der Waals surface area contributed by atoms with Crippen LogP contribution in [-0.4, -0.2) is 60.5 Å².